The van der Waals surface area contributed by atoms with E-state index >= 15 is 0 Å². The molecule has 0 aliphatic rings. The molecule has 0 bridgehead atoms. The zero-order chi connectivity index (χ0) is 14.3. The summed E-state index contributed by atoms with van der Waals surface area (Å²) in [4.78, 5) is 12.1. The molecule has 0 aliphatic heterocycles. The molecular weight excluding hydrogens is 246 g/mol. The average Bonchev–Trinajstić information content (AvgIpc) is 2.36. The number of hydrogen-bond acceptors (Lipinski definition) is 5. The minimum atomic E-state index is -0.492. The van der Waals surface area contributed by atoms with Crippen LogP contribution in [-0.4, -0.2) is 31.9 Å². The van der Waals surface area contributed by atoms with Crippen molar-refractivity contribution in [3.63, 3.8) is 0 Å². The topological polar surface area (TPSA) is 70.8 Å². The van der Waals surface area contributed by atoms with Gasteiger partial charge in [0.15, 0.2) is 0 Å². The van der Waals surface area contributed by atoms with Gasteiger partial charge in [-0.25, -0.2) is 4.79 Å². The van der Waals surface area contributed by atoms with Gasteiger partial charge in [-0.3, -0.25) is 0 Å². The highest BCUT2D eigenvalue weighted by Crippen LogP contribution is 2.25. The smallest absolute Gasteiger partial charge is 0.344 e. The van der Waals surface area contributed by atoms with Crippen molar-refractivity contribution in [3.05, 3.63) is 23.8 Å². The number of rotatable bonds is 7. The predicted molar refractivity (Wildman–Crippen MR) is 73.4 cm³/mol. The fourth-order valence-corrected chi connectivity index (χ4v) is 1.60. The van der Waals surface area contributed by atoms with Crippen LogP contribution in [0.4, 0.5) is 5.69 Å². The molecule has 1 aromatic carbocycles. The maximum absolute atomic E-state index is 12.1. The van der Waals surface area contributed by atoms with Gasteiger partial charge in [-0.05, 0) is 32.9 Å². The molecule has 0 heterocycles. The quantitative estimate of drug-likeness (QED) is 0.606. The minimum absolute atomic E-state index is 0.271. The number of benzene rings is 1. The zero-order valence-electron chi connectivity index (χ0n) is 11.6. The Hall–Kier alpha value is -1.75. The molecule has 0 aliphatic carbocycles. The van der Waals surface area contributed by atoms with Crippen molar-refractivity contribution in [2.24, 2.45) is 0 Å². The Labute approximate surface area is 113 Å². The maximum atomic E-state index is 12.1. The van der Waals surface area contributed by atoms with Gasteiger partial charge in [-0.15, -0.1) is 0 Å². The van der Waals surface area contributed by atoms with Crippen LogP contribution in [0.3, 0.4) is 0 Å². The number of carbonyl (C=O) groups excluding carboxylic acids is 1. The van der Waals surface area contributed by atoms with E-state index in [1.54, 1.807) is 25.1 Å². The van der Waals surface area contributed by atoms with Gasteiger partial charge < -0.3 is 19.9 Å². The van der Waals surface area contributed by atoms with Crippen molar-refractivity contribution in [1.29, 1.82) is 0 Å². The molecule has 5 nitrogen and oxygen atoms in total. The van der Waals surface area contributed by atoms with Crippen LogP contribution in [0.2, 0.25) is 0 Å². The van der Waals surface area contributed by atoms with Crippen molar-refractivity contribution in [2.75, 3.05) is 25.6 Å². The van der Waals surface area contributed by atoms with Gasteiger partial charge in [0.2, 0.25) is 0 Å². The van der Waals surface area contributed by atoms with Crippen LogP contribution in [0.25, 0.3) is 0 Å². The Kier molecular flexibility index (Phi) is 6.15. The average molecular weight is 267 g/mol. The SMILES string of the molecule is CCOCC(C)OC(=O)c1c(N)cccc1OCC. The largest absolute Gasteiger partial charge is 0.493 e. The first-order chi connectivity index (χ1) is 9.10. The molecule has 0 fully saturated rings. The van der Waals surface area contributed by atoms with Crippen LogP contribution < -0.4 is 10.5 Å². The number of ether oxygens (including phenoxy) is 3. The second-order valence-electron chi connectivity index (χ2n) is 4.03. The van der Waals surface area contributed by atoms with Gasteiger partial charge >= 0.3 is 5.97 Å². The van der Waals surface area contributed by atoms with Crippen molar-refractivity contribution in [2.45, 2.75) is 26.9 Å². The lowest BCUT2D eigenvalue weighted by atomic mass is 10.1. The minimum Gasteiger partial charge on any atom is -0.493 e. The lowest BCUT2D eigenvalue weighted by Gasteiger charge is -2.16. The molecule has 19 heavy (non-hydrogen) atoms. The van der Waals surface area contributed by atoms with Gasteiger partial charge in [0.25, 0.3) is 0 Å². The first-order valence-corrected chi connectivity index (χ1v) is 6.40. The van der Waals surface area contributed by atoms with E-state index in [-0.39, 0.29) is 11.7 Å². The fourth-order valence-electron chi connectivity index (χ4n) is 1.60. The third kappa shape index (κ3) is 4.44. The third-order valence-electron chi connectivity index (χ3n) is 2.43. The molecule has 0 saturated carbocycles. The molecule has 1 unspecified atom stereocenters. The van der Waals surface area contributed by atoms with Crippen LogP contribution in [0, 0.1) is 0 Å². The van der Waals surface area contributed by atoms with Crippen molar-refractivity contribution < 1.29 is 19.0 Å². The van der Waals surface area contributed by atoms with Gasteiger partial charge in [0.1, 0.15) is 17.4 Å². The molecule has 2 N–H and O–H groups in total. The summed E-state index contributed by atoms with van der Waals surface area (Å²) in [6, 6.07) is 5.08. The van der Waals surface area contributed by atoms with E-state index in [0.29, 0.717) is 31.3 Å². The highest BCUT2D eigenvalue weighted by Gasteiger charge is 2.19. The molecule has 0 amide bonds. The van der Waals surface area contributed by atoms with E-state index < -0.39 is 5.97 Å². The van der Waals surface area contributed by atoms with Crippen LogP contribution in [0.15, 0.2) is 18.2 Å². The Morgan fingerprint density at radius 3 is 2.68 bits per heavy atom. The molecule has 0 radical (unpaired) electrons. The molecule has 0 aromatic heterocycles. The van der Waals surface area contributed by atoms with Gasteiger partial charge in [-0.2, -0.15) is 0 Å². The number of esters is 1. The molecule has 0 spiro atoms. The number of hydrogen-bond donors (Lipinski definition) is 1. The summed E-state index contributed by atoms with van der Waals surface area (Å²) in [5.41, 5.74) is 6.43. The zero-order valence-corrected chi connectivity index (χ0v) is 11.6. The second kappa shape index (κ2) is 7.63. The lowest BCUT2D eigenvalue weighted by molar-refractivity contribution is 0.00421. The van der Waals surface area contributed by atoms with Crippen LogP contribution in [-0.2, 0) is 9.47 Å². The van der Waals surface area contributed by atoms with Crippen LogP contribution >= 0.6 is 0 Å². The number of nitrogen functional groups attached to an aromatic ring is 1. The summed E-state index contributed by atoms with van der Waals surface area (Å²) >= 11 is 0. The third-order valence-corrected chi connectivity index (χ3v) is 2.43. The first kappa shape index (κ1) is 15.3. The standard InChI is InChI=1S/C14H21NO4/c1-4-17-9-10(3)19-14(16)13-11(15)7-6-8-12(13)18-5-2/h6-8,10H,4-5,9,15H2,1-3H3. The van der Waals surface area contributed by atoms with Crippen molar-refractivity contribution in [1.82, 2.24) is 0 Å². The number of nitrogens with two attached hydrogens (primary N) is 1. The first-order valence-electron chi connectivity index (χ1n) is 6.40. The Morgan fingerprint density at radius 2 is 2.05 bits per heavy atom. The fraction of sp³-hybridized carbons (Fsp3) is 0.500. The van der Waals surface area contributed by atoms with Gasteiger partial charge in [-0.1, -0.05) is 6.07 Å². The predicted octanol–water partition coefficient (Wildman–Crippen LogP) is 2.25. The second-order valence-corrected chi connectivity index (χ2v) is 4.03. The summed E-state index contributed by atoms with van der Waals surface area (Å²) in [5.74, 6) is -0.0511. The normalized spacial score (nSPS) is 11.9. The van der Waals surface area contributed by atoms with E-state index in [9.17, 15) is 4.79 Å². The Balaban J connectivity index is 2.80. The highest BCUT2D eigenvalue weighted by molar-refractivity contribution is 5.98. The van der Waals surface area contributed by atoms with Gasteiger partial charge in [0.05, 0.1) is 13.2 Å². The Bertz CT molecular complexity index is 420. The molecule has 1 rings (SSSR count). The summed E-state index contributed by atoms with van der Waals surface area (Å²) in [6.45, 7) is 6.90. The van der Waals surface area contributed by atoms with Crippen molar-refractivity contribution >= 4 is 11.7 Å². The summed E-state index contributed by atoms with van der Waals surface area (Å²) in [5, 5.41) is 0. The van der Waals surface area contributed by atoms with Crippen molar-refractivity contribution in [3.8, 4) is 5.75 Å². The van der Waals surface area contributed by atoms with E-state index in [2.05, 4.69) is 0 Å². The van der Waals surface area contributed by atoms with E-state index in [0.717, 1.165) is 0 Å². The summed E-state index contributed by atoms with van der Waals surface area (Å²) < 4.78 is 15.9. The number of anilines is 1. The molecular formula is C14H21NO4. The van der Waals surface area contributed by atoms with Crippen LogP contribution in [0.1, 0.15) is 31.1 Å². The Morgan fingerprint density at radius 1 is 1.32 bits per heavy atom. The lowest BCUT2D eigenvalue weighted by Crippen LogP contribution is -2.21. The molecule has 1 aromatic rings. The molecule has 0 saturated heterocycles. The number of carbonyl (C=O) groups is 1. The monoisotopic (exact) mass is 267 g/mol. The van der Waals surface area contributed by atoms with E-state index in [4.69, 9.17) is 19.9 Å². The molecule has 1 atom stereocenters. The van der Waals surface area contributed by atoms with Crippen LogP contribution in [0.5, 0.6) is 5.75 Å². The summed E-state index contributed by atoms with van der Waals surface area (Å²) in [7, 11) is 0. The molecule has 106 valence electrons. The highest BCUT2D eigenvalue weighted by atomic mass is 16.6. The van der Waals surface area contributed by atoms with E-state index in [1.807, 2.05) is 13.8 Å². The van der Waals surface area contributed by atoms with E-state index in [1.165, 1.54) is 0 Å². The molecule has 5 heteroatoms. The summed E-state index contributed by atoms with van der Waals surface area (Å²) in [6.07, 6.45) is -0.332. The van der Waals surface area contributed by atoms with Gasteiger partial charge in [0, 0.05) is 12.3 Å². The maximum Gasteiger partial charge on any atom is 0.344 e.